The Morgan fingerprint density at radius 3 is 2.41 bits per heavy atom. The van der Waals surface area contributed by atoms with Gasteiger partial charge < -0.3 is 9.80 Å². The van der Waals surface area contributed by atoms with Crippen LogP contribution in [-0.4, -0.2) is 39.8 Å². The van der Waals surface area contributed by atoms with Gasteiger partial charge in [0.1, 0.15) is 0 Å². The summed E-state index contributed by atoms with van der Waals surface area (Å²) in [7, 11) is 2.00. The third kappa shape index (κ3) is 5.23. The minimum absolute atomic E-state index is 0.303. The SMILES string of the molecule is CC(C)N(Cc1ccccc1)c1cnnc(N(C)CCc2ccncc2)n1. The molecule has 0 amide bonds. The Kier molecular flexibility index (Phi) is 6.30. The molecular weight excluding hydrogens is 336 g/mol. The van der Waals surface area contributed by atoms with Crippen LogP contribution in [0.15, 0.2) is 61.1 Å². The smallest absolute Gasteiger partial charge is 0.247 e. The number of rotatable bonds is 8. The van der Waals surface area contributed by atoms with E-state index in [1.807, 2.05) is 42.5 Å². The van der Waals surface area contributed by atoms with Gasteiger partial charge in [0.05, 0.1) is 6.20 Å². The van der Waals surface area contributed by atoms with Crippen LogP contribution in [0.5, 0.6) is 0 Å². The molecule has 27 heavy (non-hydrogen) atoms. The summed E-state index contributed by atoms with van der Waals surface area (Å²) in [5.74, 6) is 1.48. The number of benzene rings is 1. The molecule has 0 aliphatic rings. The first kappa shape index (κ1) is 18.8. The van der Waals surface area contributed by atoms with Gasteiger partial charge >= 0.3 is 0 Å². The second-order valence-electron chi connectivity index (χ2n) is 6.85. The van der Waals surface area contributed by atoms with E-state index in [-0.39, 0.29) is 0 Å². The maximum Gasteiger partial charge on any atom is 0.247 e. The monoisotopic (exact) mass is 362 g/mol. The van der Waals surface area contributed by atoms with Crippen molar-refractivity contribution >= 4 is 11.8 Å². The lowest BCUT2D eigenvalue weighted by Gasteiger charge is -2.28. The molecule has 3 aromatic rings. The number of aromatic nitrogens is 4. The summed E-state index contributed by atoms with van der Waals surface area (Å²) in [4.78, 5) is 13.1. The lowest BCUT2D eigenvalue weighted by atomic mass is 10.2. The second kappa shape index (κ2) is 9.07. The van der Waals surface area contributed by atoms with E-state index in [1.54, 1.807) is 6.20 Å². The highest BCUT2D eigenvalue weighted by molar-refractivity contribution is 5.43. The molecule has 3 rings (SSSR count). The molecule has 0 spiro atoms. The first-order valence-electron chi connectivity index (χ1n) is 9.24. The van der Waals surface area contributed by atoms with E-state index < -0.39 is 0 Å². The molecule has 2 heterocycles. The molecule has 0 unspecified atom stereocenters. The molecule has 0 bridgehead atoms. The maximum absolute atomic E-state index is 4.77. The molecule has 0 atom stereocenters. The molecule has 6 heteroatoms. The summed E-state index contributed by atoms with van der Waals surface area (Å²) in [6.45, 7) is 5.93. The quantitative estimate of drug-likeness (QED) is 0.612. The van der Waals surface area contributed by atoms with Crippen molar-refractivity contribution in [2.24, 2.45) is 0 Å². The van der Waals surface area contributed by atoms with Gasteiger partial charge in [-0.3, -0.25) is 4.98 Å². The molecule has 0 fully saturated rings. The fourth-order valence-corrected chi connectivity index (χ4v) is 2.84. The summed E-state index contributed by atoms with van der Waals surface area (Å²) >= 11 is 0. The highest BCUT2D eigenvalue weighted by Crippen LogP contribution is 2.19. The molecule has 0 N–H and O–H groups in total. The fraction of sp³-hybridized carbons (Fsp3) is 0.333. The van der Waals surface area contributed by atoms with Crippen molar-refractivity contribution in [2.45, 2.75) is 32.9 Å². The predicted octanol–water partition coefficient (Wildman–Crippen LogP) is 3.36. The summed E-state index contributed by atoms with van der Waals surface area (Å²) in [5.41, 5.74) is 2.49. The Morgan fingerprint density at radius 2 is 1.70 bits per heavy atom. The van der Waals surface area contributed by atoms with Crippen LogP contribution in [0.3, 0.4) is 0 Å². The van der Waals surface area contributed by atoms with Gasteiger partial charge in [-0.2, -0.15) is 10.1 Å². The Hall–Kier alpha value is -3.02. The van der Waals surface area contributed by atoms with E-state index in [9.17, 15) is 0 Å². The highest BCUT2D eigenvalue weighted by atomic mass is 15.3. The second-order valence-corrected chi connectivity index (χ2v) is 6.85. The molecule has 0 saturated carbocycles. The van der Waals surface area contributed by atoms with Crippen molar-refractivity contribution in [2.75, 3.05) is 23.4 Å². The Labute approximate surface area is 160 Å². The number of anilines is 2. The van der Waals surface area contributed by atoms with Crippen LogP contribution in [0.2, 0.25) is 0 Å². The van der Waals surface area contributed by atoms with Crippen LogP contribution in [0.4, 0.5) is 11.8 Å². The van der Waals surface area contributed by atoms with Gasteiger partial charge in [0, 0.05) is 38.6 Å². The van der Waals surface area contributed by atoms with Crippen LogP contribution in [0.1, 0.15) is 25.0 Å². The van der Waals surface area contributed by atoms with Crippen LogP contribution in [0, 0.1) is 0 Å². The third-order valence-corrected chi connectivity index (χ3v) is 4.47. The average molecular weight is 362 g/mol. The zero-order valence-corrected chi connectivity index (χ0v) is 16.2. The van der Waals surface area contributed by atoms with Gasteiger partial charge in [-0.15, -0.1) is 5.10 Å². The van der Waals surface area contributed by atoms with Gasteiger partial charge in [0.25, 0.3) is 0 Å². The van der Waals surface area contributed by atoms with Crippen molar-refractivity contribution in [1.82, 2.24) is 20.2 Å². The van der Waals surface area contributed by atoms with Crippen molar-refractivity contribution in [3.8, 4) is 0 Å². The molecule has 6 nitrogen and oxygen atoms in total. The summed E-state index contributed by atoms with van der Waals surface area (Å²) in [6.07, 6.45) is 6.28. The number of hydrogen-bond acceptors (Lipinski definition) is 6. The zero-order valence-electron chi connectivity index (χ0n) is 16.2. The van der Waals surface area contributed by atoms with Crippen molar-refractivity contribution in [3.05, 3.63) is 72.2 Å². The number of hydrogen-bond donors (Lipinski definition) is 0. The number of likely N-dealkylation sites (N-methyl/N-ethyl adjacent to an activating group) is 1. The lowest BCUT2D eigenvalue weighted by molar-refractivity contribution is 0.664. The standard InChI is InChI=1S/C21H26N6/c1-17(2)27(16-19-7-5-4-6-8-19)20-15-23-25-21(24-20)26(3)14-11-18-9-12-22-13-10-18/h4-10,12-13,15,17H,11,14,16H2,1-3H3. The average Bonchev–Trinajstić information content (AvgIpc) is 2.71. The van der Waals surface area contributed by atoms with Crippen molar-refractivity contribution in [1.29, 1.82) is 0 Å². The van der Waals surface area contributed by atoms with Gasteiger partial charge in [-0.05, 0) is 43.5 Å². The maximum atomic E-state index is 4.77. The first-order chi connectivity index (χ1) is 13.1. The summed E-state index contributed by atoms with van der Waals surface area (Å²) < 4.78 is 0. The highest BCUT2D eigenvalue weighted by Gasteiger charge is 2.15. The molecule has 1 aromatic carbocycles. The van der Waals surface area contributed by atoms with E-state index in [0.29, 0.717) is 12.0 Å². The van der Waals surface area contributed by atoms with Crippen molar-refractivity contribution in [3.63, 3.8) is 0 Å². The minimum Gasteiger partial charge on any atom is -0.348 e. The van der Waals surface area contributed by atoms with E-state index >= 15 is 0 Å². The minimum atomic E-state index is 0.303. The van der Waals surface area contributed by atoms with Gasteiger partial charge in [-0.1, -0.05) is 30.3 Å². The first-order valence-corrected chi connectivity index (χ1v) is 9.24. The molecule has 0 aliphatic carbocycles. The molecule has 140 valence electrons. The van der Waals surface area contributed by atoms with E-state index in [1.165, 1.54) is 11.1 Å². The number of nitrogens with zero attached hydrogens (tertiary/aromatic N) is 6. The zero-order chi connectivity index (χ0) is 19.1. The molecular formula is C21H26N6. The van der Waals surface area contributed by atoms with Crippen LogP contribution < -0.4 is 9.80 Å². The number of pyridine rings is 1. The fourth-order valence-electron chi connectivity index (χ4n) is 2.84. The largest absolute Gasteiger partial charge is 0.348 e. The van der Waals surface area contributed by atoms with E-state index in [0.717, 1.165) is 25.3 Å². The Balaban J connectivity index is 1.72. The van der Waals surface area contributed by atoms with E-state index in [4.69, 9.17) is 4.98 Å². The Morgan fingerprint density at radius 1 is 0.963 bits per heavy atom. The van der Waals surface area contributed by atoms with E-state index in [2.05, 4.69) is 58.2 Å². The third-order valence-electron chi connectivity index (χ3n) is 4.47. The van der Waals surface area contributed by atoms with Crippen LogP contribution >= 0.6 is 0 Å². The van der Waals surface area contributed by atoms with Crippen molar-refractivity contribution < 1.29 is 0 Å². The van der Waals surface area contributed by atoms with Gasteiger partial charge in [-0.25, -0.2) is 0 Å². The van der Waals surface area contributed by atoms with Gasteiger partial charge in [0.2, 0.25) is 5.95 Å². The molecule has 0 aliphatic heterocycles. The predicted molar refractivity (Wildman–Crippen MR) is 109 cm³/mol. The Bertz CT molecular complexity index is 822. The molecule has 0 saturated heterocycles. The van der Waals surface area contributed by atoms with Gasteiger partial charge in [0.15, 0.2) is 5.82 Å². The molecule has 2 aromatic heterocycles. The van der Waals surface area contributed by atoms with Crippen LogP contribution in [-0.2, 0) is 13.0 Å². The van der Waals surface area contributed by atoms with Crippen LogP contribution in [0.25, 0.3) is 0 Å². The normalized spacial score (nSPS) is 10.8. The lowest BCUT2D eigenvalue weighted by Crippen LogP contribution is -2.32. The molecule has 0 radical (unpaired) electrons. The summed E-state index contributed by atoms with van der Waals surface area (Å²) in [6, 6.07) is 14.8. The summed E-state index contributed by atoms with van der Waals surface area (Å²) in [5, 5.41) is 8.43. The topological polar surface area (TPSA) is 58.0 Å².